The Balaban J connectivity index is 1.56. The molecule has 8 nitrogen and oxygen atoms in total. The maximum atomic E-state index is 14.0. The van der Waals surface area contributed by atoms with Crippen LogP contribution in [-0.4, -0.2) is 68.8 Å². The summed E-state index contributed by atoms with van der Waals surface area (Å²) in [6, 6.07) is 8.44. The molecule has 1 fully saturated rings. The SMILES string of the molecule is CCOc1ccc(C2c3c(oc4ccc(F)cc4c3=O)C(=O)N2CCCN2CCOCC2)cc1OC. The van der Waals surface area contributed by atoms with E-state index in [9.17, 15) is 14.0 Å². The topological polar surface area (TPSA) is 81.5 Å². The summed E-state index contributed by atoms with van der Waals surface area (Å²) in [7, 11) is 1.54. The van der Waals surface area contributed by atoms with E-state index in [1.54, 1.807) is 24.1 Å². The number of benzene rings is 2. The summed E-state index contributed by atoms with van der Waals surface area (Å²) < 4.78 is 36.5. The Kier molecular flexibility index (Phi) is 6.93. The third kappa shape index (κ3) is 4.44. The molecule has 1 unspecified atom stereocenters. The molecule has 1 aromatic heterocycles. The summed E-state index contributed by atoms with van der Waals surface area (Å²) in [6.45, 7) is 6.67. The van der Waals surface area contributed by atoms with Crippen LogP contribution >= 0.6 is 0 Å². The van der Waals surface area contributed by atoms with Gasteiger partial charge in [0.1, 0.15) is 11.4 Å². The second-order valence-corrected chi connectivity index (χ2v) is 8.87. The number of carbonyl (C=O) groups is 1. The third-order valence-electron chi connectivity index (χ3n) is 6.71. The molecule has 0 aliphatic carbocycles. The van der Waals surface area contributed by atoms with Gasteiger partial charge in [0.15, 0.2) is 16.9 Å². The highest BCUT2D eigenvalue weighted by Crippen LogP contribution is 2.41. The van der Waals surface area contributed by atoms with E-state index in [4.69, 9.17) is 18.6 Å². The fourth-order valence-corrected chi connectivity index (χ4v) is 4.99. The first-order chi connectivity index (χ1) is 17.5. The lowest BCUT2D eigenvalue weighted by molar-refractivity contribution is 0.0353. The van der Waals surface area contributed by atoms with Gasteiger partial charge in [0.25, 0.3) is 5.91 Å². The molecular weight excluding hydrogens is 467 g/mol. The minimum absolute atomic E-state index is 0.00309. The lowest BCUT2D eigenvalue weighted by Gasteiger charge is -2.29. The number of rotatable bonds is 8. The van der Waals surface area contributed by atoms with Crippen LogP contribution in [0, 0.1) is 5.82 Å². The summed E-state index contributed by atoms with van der Waals surface area (Å²) in [4.78, 5) is 31.2. The summed E-state index contributed by atoms with van der Waals surface area (Å²) in [5.41, 5.74) is 0.687. The Hall–Kier alpha value is -3.43. The Morgan fingerprint density at radius 1 is 1.06 bits per heavy atom. The molecule has 0 spiro atoms. The van der Waals surface area contributed by atoms with Crippen LogP contribution in [0.4, 0.5) is 4.39 Å². The summed E-state index contributed by atoms with van der Waals surface area (Å²) in [6.07, 6.45) is 0.715. The molecule has 1 amide bonds. The van der Waals surface area contributed by atoms with Gasteiger partial charge < -0.3 is 23.5 Å². The Morgan fingerprint density at radius 2 is 1.86 bits per heavy atom. The monoisotopic (exact) mass is 496 g/mol. The van der Waals surface area contributed by atoms with Gasteiger partial charge in [0, 0.05) is 26.2 Å². The fraction of sp³-hybridized carbons (Fsp3) is 0.407. The van der Waals surface area contributed by atoms with Gasteiger partial charge in [-0.15, -0.1) is 0 Å². The number of carbonyl (C=O) groups excluding carboxylic acids is 1. The number of amides is 1. The van der Waals surface area contributed by atoms with Crippen molar-refractivity contribution in [2.75, 3.05) is 53.1 Å². The van der Waals surface area contributed by atoms with E-state index in [1.807, 2.05) is 13.0 Å². The fourth-order valence-electron chi connectivity index (χ4n) is 4.99. The molecule has 3 aromatic rings. The van der Waals surface area contributed by atoms with Crippen LogP contribution in [-0.2, 0) is 4.74 Å². The van der Waals surface area contributed by atoms with Crippen molar-refractivity contribution < 1.29 is 27.8 Å². The van der Waals surface area contributed by atoms with E-state index in [2.05, 4.69) is 4.90 Å². The van der Waals surface area contributed by atoms with Gasteiger partial charge in [0.2, 0.25) is 5.76 Å². The number of halogens is 1. The molecule has 1 saturated heterocycles. The number of morpholine rings is 1. The van der Waals surface area contributed by atoms with Crippen LogP contribution in [0.5, 0.6) is 11.5 Å². The number of methoxy groups -OCH3 is 1. The highest BCUT2D eigenvalue weighted by Gasteiger charge is 2.42. The van der Waals surface area contributed by atoms with Gasteiger partial charge in [-0.05, 0) is 49.2 Å². The molecule has 2 aromatic carbocycles. The van der Waals surface area contributed by atoms with E-state index in [-0.39, 0.29) is 28.2 Å². The molecule has 0 radical (unpaired) electrons. The lowest BCUT2D eigenvalue weighted by atomic mass is 9.98. The predicted molar refractivity (Wildman–Crippen MR) is 131 cm³/mol. The molecule has 0 N–H and O–H groups in total. The standard InChI is InChI=1S/C27H29FN2O6/c1-3-35-21-7-5-17(15-22(21)33-2)24-23-25(31)19-16-18(28)6-8-20(19)36-26(23)27(32)30(24)10-4-9-29-11-13-34-14-12-29/h5-8,15-16,24H,3-4,9-14H2,1-2H3. The summed E-state index contributed by atoms with van der Waals surface area (Å²) in [5.74, 6) is 0.178. The molecule has 190 valence electrons. The van der Waals surface area contributed by atoms with Crippen molar-refractivity contribution in [1.29, 1.82) is 0 Å². The summed E-state index contributed by atoms with van der Waals surface area (Å²) >= 11 is 0. The lowest BCUT2D eigenvalue weighted by Crippen LogP contribution is -2.38. The Morgan fingerprint density at radius 3 is 2.61 bits per heavy atom. The first kappa shape index (κ1) is 24.3. The van der Waals surface area contributed by atoms with Crippen molar-refractivity contribution in [2.45, 2.75) is 19.4 Å². The molecular formula is C27H29FN2O6. The zero-order valence-corrected chi connectivity index (χ0v) is 20.4. The van der Waals surface area contributed by atoms with Crippen molar-refractivity contribution in [3.8, 4) is 11.5 Å². The molecule has 0 bridgehead atoms. The predicted octanol–water partition coefficient (Wildman–Crippen LogP) is 3.61. The highest BCUT2D eigenvalue weighted by atomic mass is 19.1. The maximum absolute atomic E-state index is 14.0. The van der Waals surface area contributed by atoms with Gasteiger partial charge in [-0.1, -0.05) is 6.07 Å². The number of nitrogens with zero attached hydrogens (tertiary/aromatic N) is 2. The van der Waals surface area contributed by atoms with Gasteiger partial charge in [-0.2, -0.15) is 0 Å². The molecule has 36 heavy (non-hydrogen) atoms. The number of hydrogen-bond acceptors (Lipinski definition) is 7. The molecule has 9 heteroatoms. The van der Waals surface area contributed by atoms with Crippen molar-refractivity contribution in [3.05, 3.63) is 69.3 Å². The van der Waals surface area contributed by atoms with Crippen LogP contribution < -0.4 is 14.9 Å². The molecule has 1 atom stereocenters. The smallest absolute Gasteiger partial charge is 0.290 e. The van der Waals surface area contributed by atoms with Crippen LogP contribution in [0.1, 0.15) is 41.1 Å². The van der Waals surface area contributed by atoms with Crippen LogP contribution in [0.2, 0.25) is 0 Å². The molecule has 5 rings (SSSR count). The van der Waals surface area contributed by atoms with Crippen molar-refractivity contribution >= 4 is 16.9 Å². The first-order valence-corrected chi connectivity index (χ1v) is 12.2. The second-order valence-electron chi connectivity index (χ2n) is 8.87. The normalized spacial score (nSPS) is 18.0. The zero-order valence-electron chi connectivity index (χ0n) is 20.4. The molecule has 3 heterocycles. The van der Waals surface area contributed by atoms with Gasteiger partial charge in [0.05, 0.1) is 43.9 Å². The van der Waals surface area contributed by atoms with E-state index < -0.39 is 17.3 Å². The maximum Gasteiger partial charge on any atom is 0.290 e. The minimum Gasteiger partial charge on any atom is -0.493 e. The van der Waals surface area contributed by atoms with Crippen LogP contribution in [0.25, 0.3) is 11.0 Å². The quantitative estimate of drug-likeness (QED) is 0.471. The van der Waals surface area contributed by atoms with Gasteiger partial charge in [-0.3, -0.25) is 14.5 Å². The zero-order chi connectivity index (χ0) is 25.2. The van der Waals surface area contributed by atoms with Gasteiger partial charge in [-0.25, -0.2) is 4.39 Å². The average Bonchev–Trinajstić information content (AvgIpc) is 3.17. The van der Waals surface area contributed by atoms with Crippen LogP contribution in [0.15, 0.2) is 45.6 Å². The number of hydrogen-bond donors (Lipinski definition) is 0. The van der Waals surface area contributed by atoms with Gasteiger partial charge >= 0.3 is 0 Å². The Bertz CT molecular complexity index is 1330. The Labute approximate surface area is 208 Å². The van der Waals surface area contributed by atoms with Crippen molar-refractivity contribution in [1.82, 2.24) is 9.80 Å². The van der Waals surface area contributed by atoms with Crippen molar-refractivity contribution in [3.63, 3.8) is 0 Å². The van der Waals surface area contributed by atoms with E-state index in [1.165, 1.54) is 12.1 Å². The molecule has 2 aliphatic rings. The second kappa shape index (κ2) is 10.3. The number of ether oxygens (including phenoxy) is 3. The first-order valence-electron chi connectivity index (χ1n) is 12.2. The number of fused-ring (bicyclic) bond motifs is 2. The van der Waals surface area contributed by atoms with Crippen LogP contribution in [0.3, 0.4) is 0 Å². The molecule has 2 aliphatic heterocycles. The molecule has 0 saturated carbocycles. The average molecular weight is 497 g/mol. The summed E-state index contributed by atoms with van der Waals surface area (Å²) in [5, 5.41) is 0.111. The van der Waals surface area contributed by atoms with E-state index in [0.29, 0.717) is 49.8 Å². The van der Waals surface area contributed by atoms with E-state index in [0.717, 1.165) is 25.7 Å². The minimum atomic E-state index is -0.689. The van der Waals surface area contributed by atoms with Crippen molar-refractivity contribution in [2.24, 2.45) is 0 Å². The van der Waals surface area contributed by atoms with E-state index >= 15 is 0 Å². The third-order valence-corrected chi connectivity index (χ3v) is 6.71. The largest absolute Gasteiger partial charge is 0.493 e. The highest BCUT2D eigenvalue weighted by molar-refractivity contribution is 5.99.